The number of anilines is 1. The maximum atomic E-state index is 12.5. The molecule has 8 heteroatoms. The van der Waals surface area contributed by atoms with Crippen molar-refractivity contribution in [2.45, 2.75) is 13.8 Å². The van der Waals surface area contributed by atoms with Gasteiger partial charge in [-0.05, 0) is 55.3 Å². The lowest BCUT2D eigenvalue weighted by Crippen LogP contribution is -2.41. The lowest BCUT2D eigenvalue weighted by molar-refractivity contribution is -0.148. The highest BCUT2D eigenvalue weighted by atomic mass is 79.9. The molecular formula is C21H21BrClN3O3. The quantitative estimate of drug-likeness (QED) is 0.652. The fourth-order valence-corrected chi connectivity index (χ4v) is 3.65. The Morgan fingerprint density at radius 2 is 1.97 bits per heavy atom. The van der Waals surface area contributed by atoms with E-state index in [1.165, 1.54) is 7.11 Å². The molecule has 1 atom stereocenters. The van der Waals surface area contributed by atoms with Crippen molar-refractivity contribution in [3.8, 4) is 0 Å². The van der Waals surface area contributed by atoms with Crippen LogP contribution >= 0.6 is 27.5 Å². The lowest BCUT2D eigenvalue weighted by Gasteiger charge is -2.23. The van der Waals surface area contributed by atoms with Crippen LogP contribution < -0.4 is 5.32 Å². The summed E-state index contributed by atoms with van der Waals surface area (Å²) in [4.78, 5) is 25.1. The van der Waals surface area contributed by atoms with Crippen LogP contribution in [0.25, 0.3) is 0 Å². The first kappa shape index (κ1) is 21.3. The molecule has 2 aromatic rings. The SMILES string of the molecule is COC(=O)C1(C)CN(CC(=O)Nc2ccc(Br)c(C)c2)N=C1c1ccc(Cl)cc1. The maximum Gasteiger partial charge on any atom is 0.319 e. The summed E-state index contributed by atoms with van der Waals surface area (Å²) in [6.45, 7) is 3.97. The molecule has 0 fully saturated rings. The Morgan fingerprint density at radius 1 is 1.28 bits per heavy atom. The molecule has 6 nitrogen and oxygen atoms in total. The number of nitrogens with one attached hydrogen (secondary N) is 1. The number of esters is 1. The Kier molecular flexibility index (Phi) is 6.29. The van der Waals surface area contributed by atoms with Crippen LogP contribution in [0.5, 0.6) is 0 Å². The van der Waals surface area contributed by atoms with Gasteiger partial charge in [0.2, 0.25) is 5.91 Å². The van der Waals surface area contributed by atoms with Crippen molar-refractivity contribution in [3.05, 3.63) is 63.1 Å². The van der Waals surface area contributed by atoms with Crippen molar-refractivity contribution in [2.75, 3.05) is 25.5 Å². The molecule has 1 aliphatic rings. The normalized spacial score (nSPS) is 18.4. The minimum Gasteiger partial charge on any atom is -0.468 e. The Labute approximate surface area is 183 Å². The van der Waals surface area contributed by atoms with Crippen LogP contribution in [0.4, 0.5) is 5.69 Å². The third kappa shape index (κ3) is 4.62. The van der Waals surface area contributed by atoms with Crippen LogP contribution in [0.2, 0.25) is 5.02 Å². The van der Waals surface area contributed by atoms with Gasteiger partial charge in [0.05, 0.1) is 19.4 Å². The second-order valence-corrected chi connectivity index (χ2v) is 8.40. The molecule has 1 unspecified atom stereocenters. The number of halogens is 2. The highest BCUT2D eigenvalue weighted by Gasteiger charge is 2.47. The molecule has 1 aliphatic heterocycles. The van der Waals surface area contributed by atoms with Gasteiger partial charge < -0.3 is 10.1 Å². The van der Waals surface area contributed by atoms with Gasteiger partial charge >= 0.3 is 5.97 Å². The van der Waals surface area contributed by atoms with Gasteiger partial charge in [-0.15, -0.1) is 0 Å². The number of nitrogens with zero attached hydrogens (tertiary/aromatic N) is 2. The summed E-state index contributed by atoms with van der Waals surface area (Å²) in [6, 6.07) is 12.7. The minimum atomic E-state index is -0.989. The highest BCUT2D eigenvalue weighted by molar-refractivity contribution is 9.10. The number of carbonyl (C=O) groups excluding carboxylic acids is 2. The topological polar surface area (TPSA) is 71.0 Å². The summed E-state index contributed by atoms with van der Waals surface area (Å²) in [7, 11) is 1.35. The van der Waals surface area contributed by atoms with Crippen LogP contribution in [0, 0.1) is 12.3 Å². The first-order chi connectivity index (χ1) is 13.7. The molecule has 0 aromatic heterocycles. The van der Waals surface area contributed by atoms with Crippen LogP contribution in [0.3, 0.4) is 0 Å². The monoisotopic (exact) mass is 477 g/mol. The zero-order valence-corrected chi connectivity index (χ0v) is 18.7. The Hall–Kier alpha value is -2.38. The van der Waals surface area contributed by atoms with Crippen molar-refractivity contribution >= 4 is 50.8 Å². The molecule has 2 aromatic carbocycles. The first-order valence-corrected chi connectivity index (χ1v) is 10.1. The highest BCUT2D eigenvalue weighted by Crippen LogP contribution is 2.33. The van der Waals surface area contributed by atoms with Gasteiger partial charge in [-0.1, -0.05) is 39.7 Å². The van der Waals surface area contributed by atoms with Crippen molar-refractivity contribution in [1.82, 2.24) is 5.01 Å². The predicted octanol–water partition coefficient (Wildman–Crippen LogP) is 4.25. The van der Waals surface area contributed by atoms with Crippen molar-refractivity contribution in [2.24, 2.45) is 10.5 Å². The van der Waals surface area contributed by atoms with Crippen LogP contribution in [-0.2, 0) is 14.3 Å². The van der Waals surface area contributed by atoms with Gasteiger partial charge in [0.25, 0.3) is 0 Å². The largest absolute Gasteiger partial charge is 0.468 e. The smallest absolute Gasteiger partial charge is 0.319 e. The third-order valence-corrected chi connectivity index (χ3v) is 5.93. The fraction of sp³-hybridized carbons (Fsp3) is 0.286. The molecule has 0 saturated carbocycles. The molecule has 0 aliphatic carbocycles. The Bertz CT molecular complexity index is 978. The van der Waals surface area contributed by atoms with Gasteiger partial charge in [0, 0.05) is 15.2 Å². The summed E-state index contributed by atoms with van der Waals surface area (Å²) < 4.78 is 5.98. The van der Waals surface area contributed by atoms with E-state index in [4.69, 9.17) is 16.3 Å². The van der Waals surface area contributed by atoms with E-state index in [9.17, 15) is 9.59 Å². The van der Waals surface area contributed by atoms with Gasteiger partial charge in [0.1, 0.15) is 12.0 Å². The van der Waals surface area contributed by atoms with E-state index in [1.807, 2.05) is 25.1 Å². The summed E-state index contributed by atoms with van der Waals surface area (Å²) in [5, 5.41) is 9.60. The number of amides is 1. The summed E-state index contributed by atoms with van der Waals surface area (Å²) in [5.41, 5.74) is 2.04. The first-order valence-electron chi connectivity index (χ1n) is 8.97. The number of methoxy groups -OCH3 is 1. The van der Waals surface area contributed by atoms with Gasteiger partial charge in [0.15, 0.2) is 0 Å². The van der Waals surface area contributed by atoms with Crippen molar-refractivity contribution in [3.63, 3.8) is 0 Å². The van der Waals surface area contributed by atoms with E-state index >= 15 is 0 Å². The van der Waals surface area contributed by atoms with Crippen LogP contribution in [0.15, 0.2) is 52.0 Å². The van der Waals surface area contributed by atoms with Gasteiger partial charge in [-0.25, -0.2) is 0 Å². The average molecular weight is 479 g/mol. The third-order valence-electron chi connectivity index (χ3n) is 4.78. The number of carbonyl (C=O) groups is 2. The van der Waals surface area contributed by atoms with Crippen LogP contribution in [-0.4, -0.2) is 42.8 Å². The number of benzene rings is 2. The van der Waals surface area contributed by atoms with Crippen molar-refractivity contribution in [1.29, 1.82) is 0 Å². The minimum absolute atomic E-state index is 0.0127. The van der Waals surface area contributed by atoms with Gasteiger partial charge in [-0.3, -0.25) is 14.6 Å². The summed E-state index contributed by atoms with van der Waals surface area (Å²) >= 11 is 9.42. The Balaban J connectivity index is 1.80. The van der Waals surface area contributed by atoms with E-state index in [2.05, 4.69) is 26.3 Å². The summed E-state index contributed by atoms with van der Waals surface area (Å²) in [6.07, 6.45) is 0. The molecule has 0 bridgehead atoms. The molecule has 0 saturated heterocycles. The number of rotatable bonds is 5. The number of hydrogen-bond donors (Lipinski definition) is 1. The number of hydrazone groups is 1. The van der Waals surface area contributed by atoms with E-state index in [-0.39, 0.29) is 19.0 Å². The zero-order valence-electron chi connectivity index (χ0n) is 16.3. The van der Waals surface area contributed by atoms with Gasteiger partial charge in [-0.2, -0.15) is 5.10 Å². The molecule has 0 radical (unpaired) electrons. The molecule has 1 N–H and O–H groups in total. The fourth-order valence-electron chi connectivity index (χ4n) is 3.28. The molecule has 152 valence electrons. The van der Waals surface area contributed by atoms with E-state index in [0.717, 1.165) is 15.6 Å². The molecule has 29 heavy (non-hydrogen) atoms. The molecule has 1 heterocycles. The molecule has 3 rings (SSSR count). The molecule has 0 spiro atoms. The van der Waals surface area contributed by atoms with Crippen LogP contribution in [0.1, 0.15) is 18.1 Å². The number of ether oxygens (including phenoxy) is 1. The standard InChI is InChI=1S/C21H21BrClN3O3/c1-13-10-16(8-9-17(13)22)24-18(27)11-26-12-21(2,20(28)29-3)19(25-26)14-4-6-15(23)7-5-14/h4-10H,11-12H2,1-3H3,(H,24,27). The predicted molar refractivity (Wildman–Crippen MR) is 117 cm³/mol. The number of aryl methyl sites for hydroxylation is 1. The van der Waals surface area contributed by atoms with E-state index < -0.39 is 11.4 Å². The van der Waals surface area contributed by atoms with E-state index in [0.29, 0.717) is 16.4 Å². The maximum absolute atomic E-state index is 12.5. The molecule has 1 amide bonds. The molecular weight excluding hydrogens is 458 g/mol. The average Bonchev–Trinajstić information content (AvgIpc) is 3.01. The lowest BCUT2D eigenvalue weighted by atomic mass is 9.82. The number of hydrogen-bond acceptors (Lipinski definition) is 5. The Morgan fingerprint density at radius 3 is 2.59 bits per heavy atom. The van der Waals surface area contributed by atoms with Crippen molar-refractivity contribution < 1.29 is 14.3 Å². The zero-order chi connectivity index (χ0) is 21.2. The summed E-state index contributed by atoms with van der Waals surface area (Å²) in [5.74, 6) is -0.627. The second kappa shape index (κ2) is 8.55. The van der Waals surface area contributed by atoms with E-state index in [1.54, 1.807) is 36.2 Å². The second-order valence-electron chi connectivity index (χ2n) is 7.11.